The van der Waals surface area contributed by atoms with Gasteiger partial charge in [-0.1, -0.05) is 12.2 Å². The summed E-state index contributed by atoms with van der Waals surface area (Å²) in [5.74, 6) is 1.08. The highest BCUT2D eigenvalue weighted by Gasteiger charge is 2.07. The largest absolute Gasteiger partial charge is 0.355 e. The second kappa shape index (κ2) is 2.38. The Bertz CT molecular complexity index is 291. The van der Waals surface area contributed by atoms with E-state index in [4.69, 9.17) is 0 Å². The van der Waals surface area contributed by atoms with Crippen molar-refractivity contribution in [2.45, 2.75) is 0 Å². The first-order chi connectivity index (χ1) is 5.38. The Kier molecular flexibility index (Phi) is 1.39. The first-order valence-electron chi connectivity index (χ1n) is 3.70. The van der Waals surface area contributed by atoms with Gasteiger partial charge in [0.1, 0.15) is 5.82 Å². The van der Waals surface area contributed by atoms with E-state index < -0.39 is 0 Å². The van der Waals surface area contributed by atoms with E-state index in [1.807, 2.05) is 12.3 Å². The number of fused-ring (bicyclic) bond motifs is 1. The fraction of sp³-hybridized carbons (Fsp3) is 0.222. The molecule has 1 aromatic heterocycles. The van der Waals surface area contributed by atoms with Crippen molar-refractivity contribution in [1.82, 2.24) is 4.98 Å². The molecule has 0 saturated heterocycles. The van der Waals surface area contributed by atoms with Crippen LogP contribution in [-0.2, 0) is 0 Å². The van der Waals surface area contributed by atoms with Gasteiger partial charge in [0.05, 0.1) is 0 Å². The molecular weight excluding hydrogens is 136 g/mol. The summed E-state index contributed by atoms with van der Waals surface area (Å²) in [7, 11) is 2.05. The van der Waals surface area contributed by atoms with Crippen LogP contribution in [0.3, 0.4) is 0 Å². The molecule has 0 amide bonds. The highest BCUT2D eigenvalue weighted by molar-refractivity contribution is 5.67. The molecule has 0 saturated carbocycles. The molecule has 1 aliphatic rings. The lowest BCUT2D eigenvalue weighted by atomic mass is 10.2. The Morgan fingerprint density at radius 3 is 3.27 bits per heavy atom. The Balaban J connectivity index is 2.54. The summed E-state index contributed by atoms with van der Waals surface area (Å²) < 4.78 is 0. The number of nitrogens with zero attached hydrogens (tertiary/aromatic N) is 2. The predicted octanol–water partition coefficient (Wildman–Crippen LogP) is 1.54. The van der Waals surface area contributed by atoms with E-state index in [1.54, 1.807) is 0 Å². The molecule has 11 heavy (non-hydrogen) atoms. The van der Waals surface area contributed by atoms with Gasteiger partial charge >= 0.3 is 0 Å². The number of hydrogen-bond acceptors (Lipinski definition) is 2. The van der Waals surface area contributed by atoms with Gasteiger partial charge in [-0.2, -0.15) is 0 Å². The highest BCUT2D eigenvalue weighted by atomic mass is 15.2. The maximum atomic E-state index is 4.27. The van der Waals surface area contributed by atoms with E-state index in [9.17, 15) is 0 Å². The van der Waals surface area contributed by atoms with Crippen LogP contribution in [0.4, 0.5) is 5.82 Å². The fourth-order valence-corrected chi connectivity index (χ4v) is 1.28. The first kappa shape index (κ1) is 6.40. The monoisotopic (exact) mass is 146 g/mol. The van der Waals surface area contributed by atoms with Gasteiger partial charge in [-0.25, -0.2) is 4.98 Å². The van der Waals surface area contributed by atoms with Crippen LogP contribution in [0.2, 0.25) is 0 Å². The Hall–Kier alpha value is -1.31. The molecule has 0 unspecified atom stereocenters. The molecule has 0 radical (unpaired) electrons. The summed E-state index contributed by atoms with van der Waals surface area (Å²) in [6.45, 7) is 0.962. The quantitative estimate of drug-likeness (QED) is 0.552. The predicted molar refractivity (Wildman–Crippen MR) is 46.5 cm³/mol. The lowest BCUT2D eigenvalue weighted by Gasteiger charge is -2.21. The summed E-state index contributed by atoms with van der Waals surface area (Å²) in [4.78, 5) is 6.41. The molecular formula is C9H10N2. The third-order valence-corrected chi connectivity index (χ3v) is 1.86. The van der Waals surface area contributed by atoms with Crippen molar-refractivity contribution >= 4 is 11.9 Å². The lowest BCUT2D eigenvalue weighted by Crippen LogP contribution is -2.21. The van der Waals surface area contributed by atoms with Crippen LogP contribution in [0.25, 0.3) is 6.08 Å². The molecule has 1 aromatic rings. The van der Waals surface area contributed by atoms with Crippen molar-refractivity contribution in [3.8, 4) is 0 Å². The van der Waals surface area contributed by atoms with Crippen LogP contribution in [0.1, 0.15) is 5.56 Å². The average Bonchev–Trinajstić information content (AvgIpc) is 2.06. The Morgan fingerprint density at radius 1 is 1.55 bits per heavy atom. The van der Waals surface area contributed by atoms with Gasteiger partial charge in [-0.05, 0) is 12.1 Å². The molecule has 0 atom stereocenters. The second-order valence-corrected chi connectivity index (χ2v) is 2.70. The minimum Gasteiger partial charge on any atom is -0.355 e. The number of anilines is 1. The van der Waals surface area contributed by atoms with E-state index in [0.717, 1.165) is 12.4 Å². The van der Waals surface area contributed by atoms with E-state index in [2.05, 4.69) is 35.1 Å². The first-order valence-corrected chi connectivity index (χ1v) is 3.70. The van der Waals surface area contributed by atoms with Crippen molar-refractivity contribution in [2.24, 2.45) is 0 Å². The molecule has 2 rings (SSSR count). The zero-order valence-corrected chi connectivity index (χ0v) is 6.49. The Morgan fingerprint density at radius 2 is 2.45 bits per heavy atom. The third kappa shape index (κ3) is 1.00. The van der Waals surface area contributed by atoms with Gasteiger partial charge in [0, 0.05) is 25.4 Å². The SMILES string of the molecule is CN1CC=Cc2cccnc21. The van der Waals surface area contributed by atoms with Crippen LogP contribution in [0.5, 0.6) is 0 Å². The zero-order chi connectivity index (χ0) is 7.68. The minimum absolute atomic E-state index is 0.962. The van der Waals surface area contributed by atoms with E-state index in [-0.39, 0.29) is 0 Å². The average molecular weight is 146 g/mol. The lowest BCUT2D eigenvalue weighted by molar-refractivity contribution is 0.977. The van der Waals surface area contributed by atoms with Crippen molar-refractivity contribution in [1.29, 1.82) is 0 Å². The molecule has 0 aliphatic carbocycles. The molecule has 0 bridgehead atoms. The standard InChI is InChI=1S/C9H10N2/c1-11-7-3-5-8-4-2-6-10-9(8)11/h2-6H,7H2,1H3. The maximum absolute atomic E-state index is 4.27. The molecule has 2 heterocycles. The molecule has 56 valence electrons. The van der Waals surface area contributed by atoms with Crippen LogP contribution < -0.4 is 4.90 Å². The van der Waals surface area contributed by atoms with Crippen molar-refractivity contribution in [3.63, 3.8) is 0 Å². The van der Waals surface area contributed by atoms with Gasteiger partial charge < -0.3 is 4.90 Å². The zero-order valence-electron chi connectivity index (χ0n) is 6.49. The topological polar surface area (TPSA) is 16.1 Å². The maximum Gasteiger partial charge on any atom is 0.135 e. The minimum atomic E-state index is 0.962. The fourth-order valence-electron chi connectivity index (χ4n) is 1.28. The molecule has 0 aromatic carbocycles. The summed E-state index contributed by atoms with van der Waals surface area (Å²) in [5.41, 5.74) is 1.21. The highest BCUT2D eigenvalue weighted by Crippen LogP contribution is 2.20. The molecule has 1 aliphatic heterocycles. The van der Waals surface area contributed by atoms with E-state index >= 15 is 0 Å². The van der Waals surface area contributed by atoms with Crippen molar-refractivity contribution in [2.75, 3.05) is 18.5 Å². The van der Waals surface area contributed by atoms with Gasteiger partial charge in [-0.15, -0.1) is 0 Å². The van der Waals surface area contributed by atoms with Gasteiger partial charge in [-0.3, -0.25) is 0 Å². The summed E-state index contributed by atoms with van der Waals surface area (Å²) in [5, 5.41) is 0. The molecule has 0 fully saturated rings. The number of aromatic nitrogens is 1. The summed E-state index contributed by atoms with van der Waals surface area (Å²) >= 11 is 0. The van der Waals surface area contributed by atoms with Gasteiger partial charge in [0.25, 0.3) is 0 Å². The van der Waals surface area contributed by atoms with Crippen LogP contribution in [0, 0.1) is 0 Å². The van der Waals surface area contributed by atoms with Gasteiger partial charge in [0.15, 0.2) is 0 Å². The number of rotatable bonds is 0. The van der Waals surface area contributed by atoms with Gasteiger partial charge in [0.2, 0.25) is 0 Å². The summed E-state index contributed by atoms with van der Waals surface area (Å²) in [6, 6.07) is 4.04. The molecule has 0 spiro atoms. The molecule has 0 N–H and O–H groups in total. The van der Waals surface area contributed by atoms with Crippen LogP contribution in [-0.4, -0.2) is 18.6 Å². The molecule has 2 nitrogen and oxygen atoms in total. The number of likely N-dealkylation sites (N-methyl/N-ethyl adjacent to an activating group) is 1. The van der Waals surface area contributed by atoms with Crippen molar-refractivity contribution in [3.05, 3.63) is 30.0 Å². The second-order valence-electron chi connectivity index (χ2n) is 2.70. The molecule has 2 heteroatoms. The smallest absolute Gasteiger partial charge is 0.135 e. The summed E-state index contributed by atoms with van der Waals surface area (Å²) in [6.07, 6.45) is 6.08. The van der Waals surface area contributed by atoms with Crippen LogP contribution in [0.15, 0.2) is 24.4 Å². The third-order valence-electron chi connectivity index (χ3n) is 1.86. The number of pyridine rings is 1. The van der Waals surface area contributed by atoms with Crippen molar-refractivity contribution < 1.29 is 0 Å². The normalized spacial score (nSPS) is 14.8. The number of hydrogen-bond donors (Lipinski definition) is 0. The van der Waals surface area contributed by atoms with Crippen LogP contribution >= 0.6 is 0 Å². The van der Waals surface area contributed by atoms with E-state index in [1.165, 1.54) is 5.56 Å². The Labute approximate surface area is 66.2 Å². The van der Waals surface area contributed by atoms with E-state index in [0.29, 0.717) is 0 Å².